The van der Waals surface area contributed by atoms with Crippen LogP contribution in [0, 0.1) is 25.2 Å². The summed E-state index contributed by atoms with van der Waals surface area (Å²) in [4.78, 5) is 12.8. The van der Waals surface area contributed by atoms with E-state index in [1.807, 2.05) is 31.4 Å². The van der Waals surface area contributed by atoms with Gasteiger partial charge in [-0.1, -0.05) is 0 Å². The van der Waals surface area contributed by atoms with Crippen LogP contribution in [-0.2, 0) is 9.84 Å². The number of nitrogens with zero attached hydrogens (tertiary/aromatic N) is 2. The van der Waals surface area contributed by atoms with Gasteiger partial charge in [-0.05, 0) is 45.4 Å². The van der Waals surface area contributed by atoms with Crippen LogP contribution in [0.3, 0.4) is 0 Å². The molecule has 2 heterocycles. The highest BCUT2D eigenvalue weighted by Gasteiger charge is 2.31. The zero-order valence-electron chi connectivity index (χ0n) is 16.8. The molecule has 7 nitrogen and oxygen atoms in total. The van der Waals surface area contributed by atoms with Crippen molar-refractivity contribution in [1.82, 2.24) is 4.57 Å². The van der Waals surface area contributed by atoms with E-state index in [-0.39, 0.29) is 29.9 Å². The number of benzene rings is 1. The van der Waals surface area contributed by atoms with E-state index in [2.05, 4.69) is 0 Å². The molecule has 1 aromatic heterocycles. The molecule has 1 saturated heterocycles. The molecular weight excluding hydrogens is 392 g/mol. The Hall–Kier alpha value is -2.79. The van der Waals surface area contributed by atoms with Gasteiger partial charge < -0.3 is 14.0 Å². The van der Waals surface area contributed by atoms with E-state index < -0.39 is 9.84 Å². The van der Waals surface area contributed by atoms with E-state index >= 15 is 0 Å². The number of ketones is 1. The van der Waals surface area contributed by atoms with E-state index in [9.17, 15) is 13.2 Å². The van der Waals surface area contributed by atoms with E-state index in [0.717, 1.165) is 11.4 Å². The molecule has 0 N–H and O–H groups in total. The van der Waals surface area contributed by atoms with Crippen molar-refractivity contribution >= 4 is 15.6 Å². The second-order valence-corrected chi connectivity index (χ2v) is 9.36. The first-order valence-corrected chi connectivity index (χ1v) is 11.3. The van der Waals surface area contributed by atoms with E-state index in [1.165, 1.54) is 0 Å². The number of hydrogen-bond donors (Lipinski definition) is 0. The minimum absolute atomic E-state index is 0.108. The Kier molecular flexibility index (Phi) is 5.99. The molecule has 1 aliphatic heterocycles. The van der Waals surface area contributed by atoms with Crippen molar-refractivity contribution in [2.24, 2.45) is 0 Å². The average Bonchev–Trinajstić information content (AvgIpc) is 3.18. The summed E-state index contributed by atoms with van der Waals surface area (Å²) in [5.74, 6) is 0.907. The highest BCUT2D eigenvalue weighted by Crippen LogP contribution is 2.31. The van der Waals surface area contributed by atoms with E-state index in [0.29, 0.717) is 35.7 Å². The number of sulfone groups is 1. The normalized spacial score (nSPS) is 17.7. The van der Waals surface area contributed by atoms with Crippen LogP contribution in [0.1, 0.15) is 46.7 Å². The van der Waals surface area contributed by atoms with Crippen LogP contribution in [0.15, 0.2) is 24.3 Å². The minimum Gasteiger partial charge on any atom is -0.490 e. The molecule has 0 amide bonds. The summed E-state index contributed by atoms with van der Waals surface area (Å²) in [5.41, 5.74) is 2.59. The van der Waals surface area contributed by atoms with E-state index in [4.69, 9.17) is 14.7 Å². The molecule has 1 aromatic carbocycles. The van der Waals surface area contributed by atoms with Gasteiger partial charge in [-0.3, -0.25) is 4.79 Å². The largest absolute Gasteiger partial charge is 0.490 e. The average molecular weight is 416 g/mol. The van der Waals surface area contributed by atoms with Gasteiger partial charge in [-0.25, -0.2) is 8.42 Å². The summed E-state index contributed by atoms with van der Waals surface area (Å²) in [6.07, 6.45) is 0.561. The standard InChI is InChI=1S/C21H24N2O5S/c1-4-27-21-10-16(11-22)5-6-20(21)28-12-19(24)18-9-14(2)23(15(18)3)17-7-8-29(25,26)13-17/h5-6,9-10,17H,4,7-8,12-13H2,1-3H3/t17-/m1/s1. The maximum absolute atomic E-state index is 12.8. The van der Waals surface area contributed by atoms with Crippen LogP contribution >= 0.6 is 0 Å². The van der Waals surface area contributed by atoms with Crippen molar-refractivity contribution in [1.29, 1.82) is 5.26 Å². The summed E-state index contributed by atoms with van der Waals surface area (Å²) >= 11 is 0. The number of hydrogen-bond acceptors (Lipinski definition) is 6. The summed E-state index contributed by atoms with van der Waals surface area (Å²) in [5, 5.41) is 9.03. The Labute approximate surface area is 170 Å². The maximum Gasteiger partial charge on any atom is 0.202 e. The number of ether oxygens (including phenoxy) is 2. The number of aromatic nitrogens is 1. The van der Waals surface area contributed by atoms with Gasteiger partial charge >= 0.3 is 0 Å². The van der Waals surface area contributed by atoms with Crippen molar-refractivity contribution in [3.05, 3.63) is 46.8 Å². The lowest BCUT2D eigenvalue weighted by atomic mass is 10.1. The fraction of sp³-hybridized carbons (Fsp3) is 0.429. The van der Waals surface area contributed by atoms with Gasteiger partial charge in [0, 0.05) is 29.1 Å². The van der Waals surface area contributed by atoms with E-state index in [1.54, 1.807) is 24.3 Å². The molecule has 0 unspecified atom stereocenters. The molecule has 8 heteroatoms. The number of carbonyl (C=O) groups excluding carboxylic acids is 1. The zero-order valence-corrected chi connectivity index (χ0v) is 17.6. The Morgan fingerprint density at radius 2 is 2.00 bits per heavy atom. The highest BCUT2D eigenvalue weighted by molar-refractivity contribution is 7.91. The third-order valence-corrected chi connectivity index (χ3v) is 6.84. The Morgan fingerprint density at radius 1 is 1.24 bits per heavy atom. The fourth-order valence-electron chi connectivity index (χ4n) is 3.79. The Morgan fingerprint density at radius 3 is 2.62 bits per heavy atom. The molecule has 1 aliphatic rings. The van der Waals surface area contributed by atoms with Gasteiger partial charge in [0.25, 0.3) is 0 Å². The molecule has 1 fully saturated rings. The maximum atomic E-state index is 12.8. The lowest BCUT2D eigenvalue weighted by molar-refractivity contribution is 0.0918. The van der Waals surface area contributed by atoms with Crippen LogP contribution in [0.25, 0.3) is 0 Å². The predicted molar refractivity (Wildman–Crippen MR) is 108 cm³/mol. The summed E-state index contributed by atoms with van der Waals surface area (Å²) in [6.45, 7) is 5.76. The van der Waals surface area contributed by atoms with Crippen molar-refractivity contribution in [2.45, 2.75) is 33.2 Å². The van der Waals surface area contributed by atoms with Gasteiger partial charge in [0.05, 0.1) is 29.7 Å². The lowest BCUT2D eigenvalue weighted by Crippen LogP contribution is -2.16. The molecule has 29 heavy (non-hydrogen) atoms. The minimum atomic E-state index is -3.02. The zero-order chi connectivity index (χ0) is 21.2. The first-order chi connectivity index (χ1) is 13.8. The number of carbonyl (C=O) groups is 1. The molecule has 0 spiro atoms. The number of rotatable bonds is 7. The Bertz CT molecular complexity index is 1080. The van der Waals surface area contributed by atoms with Crippen LogP contribution in [0.5, 0.6) is 11.5 Å². The van der Waals surface area contributed by atoms with Crippen molar-refractivity contribution in [3.8, 4) is 17.6 Å². The molecule has 2 aromatic rings. The van der Waals surface area contributed by atoms with Gasteiger partial charge in [0.1, 0.15) is 0 Å². The number of Topliss-reactive ketones (excluding diaryl/α,β-unsaturated/α-hetero) is 1. The topological polar surface area (TPSA) is 98.4 Å². The summed E-state index contributed by atoms with van der Waals surface area (Å²) in [7, 11) is -3.02. The van der Waals surface area contributed by atoms with Gasteiger partial charge in [0.15, 0.2) is 27.9 Å². The van der Waals surface area contributed by atoms with Crippen molar-refractivity contribution in [3.63, 3.8) is 0 Å². The first kappa shape index (κ1) is 20.9. The van der Waals surface area contributed by atoms with Crippen LogP contribution in [0.2, 0.25) is 0 Å². The third kappa shape index (κ3) is 4.46. The molecule has 154 valence electrons. The fourth-order valence-corrected chi connectivity index (χ4v) is 5.49. The molecule has 0 aliphatic carbocycles. The SMILES string of the molecule is CCOc1cc(C#N)ccc1OCC(=O)c1cc(C)n([C@@H]2CCS(=O)(=O)C2)c1C. The molecule has 3 rings (SSSR count). The molecule has 0 radical (unpaired) electrons. The quantitative estimate of drug-likeness (QED) is 0.644. The number of nitriles is 1. The molecule has 0 saturated carbocycles. The lowest BCUT2D eigenvalue weighted by Gasteiger charge is -2.16. The van der Waals surface area contributed by atoms with Crippen LogP contribution in [-0.4, -0.2) is 43.5 Å². The smallest absolute Gasteiger partial charge is 0.202 e. The monoisotopic (exact) mass is 416 g/mol. The number of aryl methyl sites for hydroxylation is 1. The predicted octanol–water partition coefficient (Wildman–Crippen LogP) is 3.00. The van der Waals surface area contributed by atoms with Crippen molar-refractivity contribution in [2.75, 3.05) is 24.7 Å². The second-order valence-electron chi connectivity index (χ2n) is 7.13. The van der Waals surface area contributed by atoms with Gasteiger partial charge in [0.2, 0.25) is 5.78 Å². The van der Waals surface area contributed by atoms with Gasteiger partial charge in [-0.2, -0.15) is 5.26 Å². The van der Waals surface area contributed by atoms with Crippen molar-refractivity contribution < 1.29 is 22.7 Å². The molecule has 0 bridgehead atoms. The first-order valence-electron chi connectivity index (χ1n) is 9.47. The third-order valence-electron chi connectivity index (χ3n) is 5.09. The van der Waals surface area contributed by atoms with Crippen LogP contribution in [0.4, 0.5) is 0 Å². The molecular formula is C21H24N2O5S. The second kappa shape index (κ2) is 8.29. The molecule has 1 atom stereocenters. The van der Waals surface area contributed by atoms with Gasteiger partial charge in [-0.15, -0.1) is 0 Å². The van der Waals surface area contributed by atoms with Crippen LogP contribution < -0.4 is 9.47 Å². The Balaban J connectivity index is 1.77. The summed E-state index contributed by atoms with van der Waals surface area (Å²) in [6, 6.07) is 8.50. The summed E-state index contributed by atoms with van der Waals surface area (Å²) < 4.78 is 36.8. The highest BCUT2D eigenvalue weighted by atomic mass is 32.2.